The van der Waals surface area contributed by atoms with E-state index in [1.165, 1.54) is 18.1 Å². The van der Waals surface area contributed by atoms with Crippen molar-refractivity contribution in [3.8, 4) is 5.75 Å². The highest BCUT2D eigenvalue weighted by atomic mass is 19.4. The summed E-state index contributed by atoms with van der Waals surface area (Å²) in [6.45, 7) is 2.12. The van der Waals surface area contributed by atoms with Gasteiger partial charge in [-0.15, -0.1) is 0 Å². The molecule has 6 nitrogen and oxygen atoms in total. The van der Waals surface area contributed by atoms with Crippen molar-refractivity contribution in [2.75, 3.05) is 43.1 Å². The van der Waals surface area contributed by atoms with Crippen LogP contribution in [0.5, 0.6) is 5.75 Å². The van der Waals surface area contributed by atoms with Crippen molar-refractivity contribution in [1.29, 1.82) is 0 Å². The average Bonchev–Trinajstić information content (AvgIpc) is 3.07. The Bertz CT molecular complexity index is 987. The maximum absolute atomic E-state index is 13.1. The molecule has 31 heavy (non-hydrogen) atoms. The van der Waals surface area contributed by atoms with E-state index in [9.17, 15) is 22.8 Å². The molecular formula is C22H23F3N3O3+. The highest BCUT2D eigenvalue weighted by Crippen LogP contribution is 2.32. The molecule has 0 bridgehead atoms. The second kappa shape index (κ2) is 8.22. The SMILES string of the molecule is COc1ccccc1N1C(=O)C[C@H]([NH+]2CCN(c3cccc(C(F)(F)F)c3)CC2)C1=O. The fourth-order valence-electron chi connectivity index (χ4n) is 4.30. The maximum atomic E-state index is 13.1. The predicted molar refractivity (Wildman–Crippen MR) is 108 cm³/mol. The van der Waals surface area contributed by atoms with Crippen molar-refractivity contribution < 1.29 is 32.4 Å². The fourth-order valence-corrected chi connectivity index (χ4v) is 4.30. The van der Waals surface area contributed by atoms with Gasteiger partial charge in [-0.05, 0) is 30.3 Å². The third kappa shape index (κ3) is 4.10. The minimum atomic E-state index is -4.39. The predicted octanol–water partition coefficient (Wildman–Crippen LogP) is 1.75. The zero-order chi connectivity index (χ0) is 22.2. The molecule has 0 spiro atoms. The van der Waals surface area contributed by atoms with Gasteiger partial charge in [-0.2, -0.15) is 13.2 Å². The third-order valence-electron chi connectivity index (χ3n) is 5.91. The number of halogens is 3. The fraction of sp³-hybridized carbons (Fsp3) is 0.364. The molecule has 0 aliphatic carbocycles. The van der Waals surface area contributed by atoms with E-state index in [2.05, 4.69) is 0 Å². The van der Waals surface area contributed by atoms with Gasteiger partial charge in [0.2, 0.25) is 5.91 Å². The second-order valence-electron chi connectivity index (χ2n) is 7.69. The van der Waals surface area contributed by atoms with E-state index in [-0.39, 0.29) is 18.2 Å². The van der Waals surface area contributed by atoms with Gasteiger partial charge in [-0.25, -0.2) is 4.90 Å². The van der Waals surface area contributed by atoms with Gasteiger partial charge in [-0.1, -0.05) is 18.2 Å². The molecule has 2 aromatic carbocycles. The molecule has 0 unspecified atom stereocenters. The summed E-state index contributed by atoms with van der Waals surface area (Å²) >= 11 is 0. The Balaban J connectivity index is 1.45. The van der Waals surface area contributed by atoms with Crippen LogP contribution in [0.2, 0.25) is 0 Å². The number of carbonyl (C=O) groups excluding carboxylic acids is 2. The van der Waals surface area contributed by atoms with Crippen molar-refractivity contribution in [2.45, 2.75) is 18.6 Å². The van der Waals surface area contributed by atoms with Gasteiger partial charge in [0.1, 0.15) is 5.75 Å². The van der Waals surface area contributed by atoms with Gasteiger partial charge in [0, 0.05) is 5.69 Å². The number of carbonyl (C=O) groups is 2. The van der Waals surface area contributed by atoms with Gasteiger partial charge in [0.05, 0.1) is 51.0 Å². The van der Waals surface area contributed by atoms with Gasteiger partial charge >= 0.3 is 6.18 Å². The number of rotatable bonds is 4. The highest BCUT2D eigenvalue weighted by molar-refractivity contribution is 6.22. The number of piperazine rings is 1. The first kappa shape index (κ1) is 21.2. The molecule has 2 amide bonds. The number of para-hydroxylation sites is 2. The van der Waals surface area contributed by atoms with E-state index in [1.807, 2.05) is 4.90 Å². The molecule has 2 aromatic rings. The third-order valence-corrected chi connectivity index (χ3v) is 5.91. The normalized spacial score (nSPS) is 20.5. The number of hydrogen-bond donors (Lipinski definition) is 1. The van der Waals surface area contributed by atoms with E-state index in [0.717, 1.165) is 17.0 Å². The van der Waals surface area contributed by atoms with E-state index in [1.54, 1.807) is 30.3 Å². The summed E-state index contributed by atoms with van der Waals surface area (Å²) in [4.78, 5) is 29.8. The van der Waals surface area contributed by atoms with E-state index in [0.29, 0.717) is 43.3 Å². The quantitative estimate of drug-likeness (QED) is 0.746. The Kier molecular flexibility index (Phi) is 5.62. The van der Waals surface area contributed by atoms with Crippen LogP contribution in [0.1, 0.15) is 12.0 Å². The smallest absolute Gasteiger partial charge is 0.416 e. The lowest BCUT2D eigenvalue weighted by atomic mass is 10.1. The number of methoxy groups -OCH3 is 1. The lowest BCUT2D eigenvalue weighted by molar-refractivity contribution is -0.915. The molecule has 2 saturated heterocycles. The number of quaternary nitrogens is 1. The van der Waals surface area contributed by atoms with Crippen molar-refractivity contribution in [3.05, 3.63) is 54.1 Å². The number of anilines is 2. The average molecular weight is 434 g/mol. The first-order valence-corrected chi connectivity index (χ1v) is 10.1. The number of benzene rings is 2. The largest absolute Gasteiger partial charge is 0.495 e. The van der Waals surface area contributed by atoms with Crippen molar-refractivity contribution in [2.24, 2.45) is 0 Å². The Hall–Kier alpha value is -3.07. The van der Waals surface area contributed by atoms with Gasteiger partial charge in [0.15, 0.2) is 6.04 Å². The summed E-state index contributed by atoms with van der Waals surface area (Å²) in [5.41, 5.74) is 0.270. The minimum Gasteiger partial charge on any atom is -0.495 e. The van der Waals surface area contributed by atoms with Crippen LogP contribution < -0.4 is 19.4 Å². The number of ether oxygens (including phenoxy) is 1. The monoisotopic (exact) mass is 434 g/mol. The molecule has 2 heterocycles. The molecule has 1 N–H and O–H groups in total. The summed E-state index contributed by atoms with van der Waals surface area (Å²) in [5, 5.41) is 0. The molecule has 1 atom stereocenters. The van der Waals surface area contributed by atoms with Gasteiger partial charge < -0.3 is 14.5 Å². The maximum Gasteiger partial charge on any atom is 0.416 e. The van der Waals surface area contributed by atoms with Crippen molar-refractivity contribution in [3.63, 3.8) is 0 Å². The number of nitrogens with zero attached hydrogens (tertiary/aromatic N) is 2. The molecule has 2 aliphatic heterocycles. The summed E-state index contributed by atoms with van der Waals surface area (Å²) in [7, 11) is 1.49. The first-order valence-electron chi connectivity index (χ1n) is 10.1. The molecule has 0 aromatic heterocycles. The molecule has 4 rings (SSSR count). The van der Waals surface area contributed by atoms with Crippen LogP contribution in [-0.4, -0.2) is 51.1 Å². The summed E-state index contributed by atoms with van der Waals surface area (Å²) < 4.78 is 44.3. The van der Waals surface area contributed by atoms with E-state index in [4.69, 9.17) is 4.74 Å². The standard InChI is InChI=1S/C22H22F3N3O3/c1-31-19-8-3-2-7-17(19)28-20(29)14-18(21(28)30)27-11-9-26(10-12-27)16-6-4-5-15(13-16)22(23,24)25/h2-8,13,18H,9-12,14H2,1H3/p+1/t18-/m0/s1. The van der Waals surface area contributed by atoms with Crippen LogP contribution in [-0.2, 0) is 15.8 Å². The van der Waals surface area contributed by atoms with Gasteiger partial charge in [-0.3, -0.25) is 9.59 Å². The second-order valence-corrected chi connectivity index (χ2v) is 7.69. The lowest BCUT2D eigenvalue weighted by Gasteiger charge is -2.35. The molecule has 0 radical (unpaired) electrons. The lowest BCUT2D eigenvalue weighted by Crippen LogP contribution is -3.19. The Morgan fingerprint density at radius 1 is 1.03 bits per heavy atom. The summed E-state index contributed by atoms with van der Waals surface area (Å²) in [6, 6.07) is 11.7. The number of imide groups is 1. The van der Waals surface area contributed by atoms with Gasteiger partial charge in [0.25, 0.3) is 5.91 Å². The van der Waals surface area contributed by atoms with E-state index < -0.39 is 17.8 Å². The molecule has 2 aliphatic rings. The molecule has 0 saturated carbocycles. The molecule has 164 valence electrons. The molecule has 9 heteroatoms. The van der Waals surface area contributed by atoms with Crippen LogP contribution in [0.15, 0.2) is 48.5 Å². The molecule has 2 fully saturated rings. The van der Waals surface area contributed by atoms with Crippen LogP contribution >= 0.6 is 0 Å². The summed E-state index contributed by atoms with van der Waals surface area (Å²) in [6.07, 6.45) is -4.28. The number of amides is 2. The number of nitrogens with one attached hydrogen (secondary N) is 1. The Morgan fingerprint density at radius 2 is 1.74 bits per heavy atom. The number of alkyl halides is 3. The van der Waals surface area contributed by atoms with Crippen LogP contribution in [0.4, 0.5) is 24.5 Å². The summed E-state index contributed by atoms with van der Waals surface area (Å²) in [5.74, 6) is -0.0847. The van der Waals surface area contributed by atoms with Crippen molar-refractivity contribution in [1.82, 2.24) is 0 Å². The zero-order valence-electron chi connectivity index (χ0n) is 17.0. The number of hydrogen-bond acceptors (Lipinski definition) is 4. The van der Waals surface area contributed by atoms with Crippen molar-refractivity contribution >= 4 is 23.2 Å². The topological polar surface area (TPSA) is 54.3 Å². The Labute approximate surface area is 177 Å². The van der Waals surface area contributed by atoms with Crippen LogP contribution in [0.25, 0.3) is 0 Å². The first-order chi connectivity index (χ1) is 14.8. The van der Waals surface area contributed by atoms with Crippen LogP contribution in [0, 0.1) is 0 Å². The zero-order valence-corrected chi connectivity index (χ0v) is 17.0. The van der Waals surface area contributed by atoms with Crippen LogP contribution in [0.3, 0.4) is 0 Å². The van der Waals surface area contributed by atoms with E-state index >= 15 is 0 Å². The Morgan fingerprint density at radius 3 is 2.42 bits per heavy atom. The molecular weight excluding hydrogens is 411 g/mol. The highest BCUT2D eigenvalue weighted by Gasteiger charge is 2.47. The minimum absolute atomic E-state index is 0.107.